The molecule has 232 valence electrons. The highest BCUT2D eigenvalue weighted by Crippen LogP contribution is 2.21. The molecule has 0 saturated heterocycles. The first-order chi connectivity index (χ1) is 20.5. The number of hydrogen-bond donors (Lipinski definition) is 1. The number of imide groups is 1. The van der Waals surface area contributed by atoms with E-state index in [1.807, 2.05) is 0 Å². The molecule has 42 heavy (non-hydrogen) atoms. The van der Waals surface area contributed by atoms with Gasteiger partial charge >= 0.3 is 0 Å². The van der Waals surface area contributed by atoms with Gasteiger partial charge in [-0.25, -0.2) is 0 Å². The van der Waals surface area contributed by atoms with E-state index in [1.165, 1.54) is 12.2 Å². The number of nitrogens with zero attached hydrogens (tertiary/aromatic N) is 10. The van der Waals surface area contributed by atoms with Gasteiger partial charge in [0.2, 0.25) is 5.91 Å². The zero-order valence-corrected chi connectivity index (χ0v) is 23.7. The molecule has 1 rings (SSSR count). The van der Waals surface area contributed by atoms with Crippen molar-refractivity contribution in [2.75, 3.05) is 85.6 Å². The van der Waals surface area contributed by atoms with Crippen LogP contribution in [0.15, 0.2) is 27.5 Å². The van der Waals surface area contributed by atoms with Gasteiger partial charge in [-0.3, -0.25) is 19.3 Å². The minimum Gasteiger partial charge on any atom is -0.381 e. The van der Waals surface area contributed by atoms with Crippen molar-refractivity contribution in [1.29, 1.82) is 0 Å². The summed E-state index contributed by atoms with van der Waals surface area (Å²) in [6.45, 7) is 3.56. The third-order valence-electron chi connectivity index (χ3n) is 5.71. The SMILES string of the molecule is [N-]=[N+]=NCCCOCC(COCCCN=[N+]=[N-])(COCCCN=[N+]=[N-])COCCCNC(=O)CCN1C(=O)C=CC1=O. The van der Waals surface area contributed by atoms with E-state index < -0.39 is 17.2 Å². The van der Waals surface area contributed by atoms with Crippen LogP contribution in [0.25, 0.3) is 31.3 Å². The maximum Gasteiger partial charge on any atom is 0.253 e. The van der Waals surface area contributed by atoms with E-state index in [0.29, 0.717) is 78.3 Å². The lowest BCUT2D eigenvalue weighted by Crippen LogP contribution is -2.42. The maximum absolute atomic E-state index is 12.1. The molecule has 0 bridgehead atoms. The smallest absolute Gasteiger partial charge is 0.253 e. The number of ether oxygens (including phenoxy) is 4. The molecule has 1 aliphatic rings. The first-order valence-corrected chi connectivity index (χ1v) is 13.6. The number of hydrogen-bond acceptors (Lipinski definition) is 10. The second-order valence-corrected chi connectivity index (χ2v) is 9.25. The largest absolute Gasteiger partial charge is 0.381 e. The second-order valence-electron chi connectivity index (χ2n) is 9.25. The van der Waals surface area contributed by atoms with Crippen LogP contribution in [0.3, 0.4) is 0 Å². The summed E-state index contributed by atoms with van der Waals surface area (Å²) in [5.41, 5.74) is 24.6. The van der Waals surface area contributed by atoms with Gasteiger partial charge in [0.25, 0.3) is 11.8 Å². The Morgan fingerprint density at radius 1 is 0.738 bits per heavy atom. The Kier molecular flexibility index (Phi) is 20.5. The van der Waals surface area contributed by atoms with Gasteiger partial charge in [0, 0.05) is 92.5 Å². The molecule has 1 heterocycles. The van der Waals surface area contributed by atoms with E-state index >= 15 is 0 Å². The number of azide groups is 3. The fraction of sp³-hybridized carbons (Fsp3) is 0.792. The Balaban J connectivity index is 2.59. The Morgan fingerprint density at radius 3 is 1.55 bits per heavy atom. The number of amides is 3. The summed E-state index contributed by atoms with van der Waals surface area (Å²) in [5, 5.41) is 13.2. The van der Waals surface area contributed by atoms with Crippen LogP contribution < -0.4 is 5.32 Å². The summed E-state index contributed by atoms with van der Waals surface area (Å²) in [6, 6.07) is 0. The Hall–Kier alpha value is -3.88. The average molecular weight is 594 g/mol. The summed E-state index contributed by atoms with van der Waals surface area (Å²) in [4.78, 5) is 44.4. The predicted molar refractivity (Wildman–Crippen MR) is 150 cm³/mol. The zero-order chi connectivity index (χ0) is 30.7. The lowest BCUT2D eigenvalue weighted by atomic mass is 9.92. The van der Waals surface area contributed by atoms with Gasteiger partial charge in [0.15, 0.2) is 0 Å². The Bertz CT molecular complexity index is 919. The van der Waals surface area contributed by atoms with Gasteiger partial charge in [0.05, 0.1) is 31.8 Å². The van der Waals surface area contributed by atoms with Crippen LogP contribution in [-0.4, -0.2) is 108 Å². The highest BCUT2D eigenvalue weighted by molar-refractivity contribution is 6.13. The van der Waals surface area contributed by atoms with Crippen molar-refractivity contribution in [3.63, 3.8) is 0 Å². The summed E-state index contributed by atoms with van der Waals surface area (Å²) >= 11 is 0. The molecule has 0 saturated carbocycles. The van der Waals surface area contributed by atoms with Crippen molar-refractivity contribution in [3.05, 3.63) is 43.5 Å². The third kappa shape index (κ3) is 17.0. The van der Waals surface area contributed by atoms with Crippen molar-refractivity contribution in [1.82, 2.24) is 10.2 Å². The molecule has 0 aliphatic carbocycles. The van der Waals surface area contributed by atoms with Crippen molar-refractivity contribution in [2.24, 2.45) is 20.8 Å². The molecule has 0 aromatic rings. The van der Waals surface area contributed by atoms with Crippen LogP contribution >= 0.6 is 0 Å². The Labute approximate surface area is 243 Å². The van der Waals surface area contributed by atoms with Crippen LogP contribution in [-0.2, 0) is 33.3 Å². The Morgan fingerprint density at radius 2 is 1.14 bits per heavy atom. The van der Waals surface area contributed by atoms with Gasteiger partial charge in [-0.1, -0.05) is 15.3 Å². The number of carbonyl (C=O) groups excluding carboxylic acids is 3. The van der Waals surface area contributed by atoms with Crippen LogP contribution in [0.1, 0.15) is 32.1 Å². The number of rotatable bonds is 27. The van der Waals surface area contributed by atoms with Gasteiger partial charge in [0.1, 0.15) is 0 Å². The standard InChI is InChI=1S/C24H39N11O7/c25-32-29-9-2-14-40-18-24(19-41-15-3-10-30-33-26,20-42-16-4-11-31-34-27)17-39-13-1-8-28-21(36)7-12-35-22(37)5-6-23(35)38/h5-6H,1-4,7-20H2,(H,28,36). The monoisotopic (exact) mass is 593 g/mol. The predicted octanol–water partition coefficient (Wildman–Crippen LogP) is 2.96. The molecule has 0 fully saturated rings. The quantitative estimate of drug-likeness (QED) is 0.0489. The average Bonchev–Trinajstić information content (AvgIpc) is 3.31. The molecule has 0 radical (unpaired) electrons. The molecule has 0 atom stereocenters. The van der Waals surface area contributed by atoms with Crippen LogP contribution in [0.4, 0.5) is 0 Å². The van der Waals surface area contributed by atoms with E-state index in [-0.39, 0.29) is 45.3 Å². The summed E-state index contributed by atoms with van der Waals surface area (Å²) in [5.74, 6) is -1.14. The lowest BCUT2D eigenvalue weighted by molar-refractivity contribution is -0.137. The van der Waals surface area contributed by atoms with Crippen molar-refractivity contribution in [2.45, 2.75) is 32.1 Å². The summed E-state index contributed by atoms with van der Waals surface area (Å²) in [6.07, 6.45) is 4.49. The van der Waals surface area contributed by atoms with Crippen LogP contribution in [0.2, 0.25) is 0 Å². The maximum atomic E-state index is 12.1. The van der Waals surface area contributed by atoms with Gasteiger partial charge in [-0.15, -0.1) is 0 Å². The van der Waals surface area contributed by atoms with E-state index in [4.69, 9.17) is 35.5 Å². The highest BCUT2D eigenvalue weighted by Gasteiger charge is 2.32. The lowest BCUT2D eigenvalue weighted by Gasteiger charge is -2.33. The molecule has 0 aromatic heterocycles. The molecule has 18 nitrogen and oxygen atoms in total. The second kappa shape index (κ2) is 23.8. The molecule has 1 N–H and O–H groups in total. The van der Waals surface area contributed by atoms with Gasteiger partial charge in [-0.05, 0) is 42.3 Å². The molecule has 0 unspecified atom stereocenters. The minimum absolute atomic E-state index is 0.00811. The zero-order valence-electron chi connectivity index (χ0n) is 23.7. The summed E-state index contributed by atoms with van der Waals surface area (Å²) < 4.78 is 23.5. The number of carbonyl (C=O) groups is 3. The van der Waals surface area contributed by atoms with Crippen molar-refractivity contribution >= 4 is 17.7 Å². The molecular formula is C24H39N11O7. The van der Waals surface area contributed by atoms with E-state index in [9.17, 15) is 14.4 Å². The normalized spacial score (nSPS) is 13.7. The molecule has 3 amide bonds. The molecule has 0 aromatic carbocycles. The van der Waals surface area contributed by atoms with Crippen molar-refractivity contribution < 1.29 is 33.3 Å². The van der Waals surface area contributed by atoms with Crippen LogP contribution in [0, 0.1) is 5.41 Å². The fourth-order valence-corrected chi connectivity index (χ4v) is 3.61. The molecule has 1 aliphatic heterocycles. The van der Waals surface area contributed by atoms with Crippen LogP contribution in [0.5, 0.6) is 0 Å². The topological polar surface area (TPSA) is 250 Å². The third-order valence-corrected chi connectivity index (χ3v) is 5.71. The fourth-order valence-electron chi connectivity index (χ4n) is 3.61. The first-order valence-electron chi connectivity index (χ1n) is 13.6. The number of nitrogens with one attached hydrogen (secondary N) is 1. The first kappa shape index (κ1) is 36.1. The minimum atomic E-state index is -0.693. The molecular weight excluding hydrogens is 554 g/mol. The highest BCUT2D eigenvalue weighted by atomic mass is 16.5. The molecule has 18 heteroatoms. The van der Waals surface area contributed by atoms with Gasteiger partial charge < -0.3 is 24.3 Å². The van der Waals surface area contributed by atoms with Crippen molar-refractivity contribution in [3.8, 4) is 0 Å². The van der Waals surface area contributed by atoms with E-state index in [0.717, 1.165) is 4.90 Å². The van der Waals surface area contributed by atoms with Gasteiger partial charge in [-0.2, -0.15) is 0 Å². The van der Waals surface area contributed by atoms with E-state index in [2.05, 4.69) is 35.4 Å². The van der Waals surface area contributed by atoms with E-state index in [1.54, 1.807) is 0 Å². The summed E-state index contributed by atoms with van der Waals surface area (Å²) in [7, 11) is 0. The molecule has 0 spiro atoms.